The van der Waals surface area contributed by atoms with Crippen molar-refractivity contribution in [2.45, 2.75) is 26.8 Å². The van der Waals surface area contributed by atoms with Crippen molar-refractivity contribution in [1.82, 2.24) is 19.7 Å². The molecular weight excluding hydrogens is 362 g/mol. The van der Waals surface area contributed by atoms with E-state index in [2.05, 4.69) is 74.6 Å². The van der Waals surface area contributed by atoms with Crippen molar-refractivity contribution >= 4 is 44.1 Å². The first-order chi connectivity index (χ1) is 10.4. The van der Waals surface area contributed by atoms with Crippen LogP contribution in [-0.2, 0) is 7.05 Å². The van der Waals surface area contributed by atoms with Crippen LogP contribution >= 0.6 is 27.3 Å². The van der Waals surface area contributed by atoms with E-state index >= 15 is 0 Å². The molecule has 0 amide bonds. The third-order valence-corrected chi connectivity index (χ3v) is 5.04. The molecule has 1 unspecified atom stereocenters. The van der Waals surface area contributed by atoms with Crippen LogP contribution in [0.2, 0.25) is 0 Å². The van der Waals surface area contributed by atoms with Crippen molar-refractivity contribution < 1.29 is 0 Å². The number of rotatable bonds is 3. The van der Waals surface area contributed by atoms with Gasteiger partial charge in [-0.1, -0.05) is 26.8 Å². The third-order valence-electron chi connectivity index (χ3n) is 3.55. The Morgan fingerprint density at radius 3 is 2.73 bits per heavy atom. The van der Waals surface area contributed by atoms with Gasteiger partial charge in [-0.25, -0.2) is 14.6 Å². The quantitative estimate of drug-likeness (QED) is 0.732. The summed E-state index contributed by atoms with van der Waals surface area (Å²) in [4.78, 5) is 10.1. The van der Waals surface area contributed by atoms with Gasteiger partial charge in [-0.3, -0.25) is 0 Å². The molecule has 116 valence electrons. The van der Waals surface area contributed by atoms with E-state index in [4.69, 9.17) is 0 Å². The summed E-state index contributed by atoms with van der Waals surface area (Å²) in [5.41, 5.74) is 0.861. The molecular formula is C15H18BrN5S. The number of nitrogens with one attached hydrogen (secondary N) is 1. The van der Waals surface area contributed by atoms with Gasteiger partial charge in [0, 0.05) is 11.9 Å². The fourth-order valence-electron chi connectivity index (χ4n) is 2.46. The molecule has 0 saturated heterocycles. The monoisotopic (exact) mass is 379 g/mol. The second-order valence-corrected chi connectivity index (χ2v) is 8.02. The van der Waals surface area contributed by atoms with Crippen molar-refractivity contribution in [2.75, 3.05) is 5.32 Å². The summed E-state index contributed by atoms with van der Waals surface area (Å²) in [6.45, 7) is 6.67. The summed E-state index contributed by atoms with van der Waals surface area (Å²) in [5.74, 6) is 0.804. The van der Waals surface area contributed by atoms with E-state index in [1.165, 1.54) is 4.88 Å². The van der Waals surface area contributed by atoms with Crippen LogP contribution in [0.25, 0.3) is 11.0 Å². The summed E-state index contributed by atoms with van der Waals surface area (Å²) in [6.07, 6.45) is 1.58. The minimum absolute atomic E-state index is 0.0524. The third kappa shape index (κ3) is 2.75. The van der Waals surface area contributed by atoms with E-state index in [9.17, 15) is 0 Å². The predicted octanol–water partition coefficient (Wildman–Crippen LogP) is 4.39. The van der Waals surface area contributed by atoms with Gasteiger partial charge in [0.25, 0.3) is 0 Å². The SMILES string of the molecule is Cn1nc(Br)c2c(NC(c3cccs3)C(C)(C)C)ncnc21. The molecule has 0 saturated carbocycles. The maximum Gasteiger partial charge on any atom is 0.164 e. The molecule has 0 radical (unpaired) electrons. The zero-order chi connectivity index (χ0) is 15.9. The molecule has 0 aromatic carbocycles. The summed E-state index contributed by atoms with van der Waals surface area (Å²) in [6, 6.07) is 4.40. The number of anilines is 1. The van der Waals surface area contributed by atoms with Gasteiger partial charge >= 0.3 is 0 Å². The molecule has 3 aromatic rings. The smallest absolute Gasteiger partial charge is 0.164 e. The Morgan fingerprint density at radius 1 is 1.32 bits per heavy atom. The number of hydrogen-bond donors (Lipinski definition) is 1. The molecule has 7 heteroatoms. The van der Waals surface area contributed by atoms with E-state index in [0.29, 0.717) is 0 Å². The maximum atomic E-state index is 4.44. The molecule has 3 heterocycles. The average molecular weight is 380 g/mol. The molecule has 22 heavy (non-hydrogen) atoms. The number of aromatic nitrogens is 4. The lowest BCUT2D eigenvalue weighted by atomic mass is 9.85. The van der Waals surface area contributed by atoms with Crippen LogP contribution < -0.4 is 5.32 Å². The lowest BCUT2D eigenvalue weighted by Crippen LogP contribution is -2.25. The molecule has 0 spiro atoms. The first-order valence-corrected chi connectivity index (χ1v) is 8.68. The summed E-state index contributed by atoms with van der Waals surface area (Å²) >= 11 is 5.26. The molecule has 0 aliphatic heterocycles. The van der Waals surface area contributed by atoms with E-state index in [1.54, 1.807) is 22.3 Å². The summed E-state index contributed by atoms with van der Waals surface area (Å²) in [7, 11) is 1.88. The normalized spacial score (nSPS) is 13.5. The van der Waals surface area contributed by atoms with Crippen LogP contribution in [-0.4, -0.2) is 19.7 Å². The standard InChI is InChI=1S/C15H18BrN5S/c1-15(2,3)11(9-6-5-7-22-9)19-13-10-12(16)20-21(4)14(10)18-8-17-13/h5-8,11H,1-4H3,(H,17,18,19). The minimum atomic E-state index is 0.0524. The van der Waals surface area contributed by atoms with Crippen molar-refractivity contribution in [1.29, 1.82) is 0 Å². The average Bonchev–Trinajstić information content (AvgIpc) is 3.05. The van der Waals surface area contributed by atoms with Crippen LogP contribution in [0.1, 0.15) is 31.7 Å². The van der Waals surface area contributed by atoms with Gasteiger partial charge in [-0.15, -0.1) is 11.3 Å². The lowest BCUT2D eigenvalue weighted by molar-refractivity contribution is 0.351. The van der Waals surface area contributed by atoms with Crippen LogP contribution in [0.15, 0.2) is 28.4 Å². The minimum Gasteiger partial charge on any atom is -0.361 e. The second kappa shape index (κ2) is 5.62. The maximum absolute atomic E-state index is 4.44. The number of fused-ring (bicyclic) bond motifs is 1. The number of halogens is 1. The highest BCUT2D eigenvalue weighted by molar-refractivity contribution is 9.10. The lowest BCUT2D eigenvalue weighted by Gasteiger charge is -2.31. The van der Waals surface area contributed by atoms with Crippen LogP contribution in [0.4, 0.5) is 5.82 Å². The van der Waals surface area contributed by atoms with E-state index in [-0.39, 0.29) is 11.5 Å². The van der Waals surface area contributed by atoms with E-state index < -0.39 is 0 Å². The zero-order valence-corrected chi connectivity index (χ0v) is 15.4. The zero-order valence-electron chi connectivity index (χ0n) is 13.0. The summed E-state index contributed by atoms with van der Waals surface area (Å²) < 4.78 is 2.51. The Bertz CT molecular complexity index is 788. The van der Waals surface area contributed by atoms with E-state index in [1.807, 2.05) is 7.05 Å². The topological polar surface area (TPSA) is 55.6 Å². The molecule has 1 N–H and O–H groups in total. The van der Waals surface area contributed by atoms with Gasteiger partial charge in [0.15, 0.2) is 5.65 Å². The Labute approximate surface area is 141 Å². The highest BCUT2D eigenvalue weighted by Crippen LogP contribution is 2.39. The highest BCUT2D eigenvalue weighted by Gasteiger charge is 2.28. The Hall–Kier alpha value is -1.47. The number of aryl methyl sites for hydroxylation is 1. The van der Waals surface area contributed by atoms with Crippen LogP contribution in [0, 0.1) is 5.41 Å². The molecule has 0 aliphatic carbocycles. The van der Waals surface area contributed by atoms with Crippen molar-refractivity contribution in [3.8, 4) is 0 Å². The highest BCUT2D eigenvalue weighted by atomic mass is 79.9. The van der Waals surface area contributed by atoms with Crippen molar-refractivity contribution in [3.05, 3.63) is 33.3 Å². The molecule has 5 nitrogen and oxygen atoms in total. The molecule has 1 atom stereocenters. The Balaban J connectivity index is 2.08. The van der Waals surface area contributed by atoms with E-state index in [0.717, 1.165) is 21.5 Å². The first kappa shape index (κ1) is 15.4. The van der Waals surface area contributed by atoms with Gasteiger partial charge in [0.1, 0.15) is 16.7 Å². The van der Waals surface area contributed by atoms with Gasteiger partial charge in [0.05, 0.1) is 11.4 Å². The molecule has 3 aromatic heterocycles. The fourth-order valence-corrected chi connectivity index (χ4v) is 4.08. The van der Waals surface area contributed by atoms with Gasteiger partial charge in [-0.2, -0.15) is 5.10 Å². The molecule has 3 rings (SSSR count). The summed E-state index contributed by atoms with van der Waals surface area (Å²) in [5, 5.41) is 11.0. The largest absolute Gasteiger partial charge is 0.361 e. The van der Waals surface area contributed by atoms with Gasteiger partial charge < -0.3 is 5.32 Å². The second-order valence-electron chi connectivity index (χ2n) is 6.29. The van der Waals surface area contributed by atoms with Crippen LogP contribution in [0.5, 0.6) is 0 Å². The van der Waals surface area contributed by atoms with Crippen molar-refractivity contribution in [2.24, 2.45) is 12.5 Å². The van der Waals surface area contributed by atoms with Gasteiger partial charge in [0.2, 0.25) is 0 Å². The Morgan fingerprint density at radius 2 is 2.09 bits per heavy atom. The number of nitrogens with zero attached hydrogens (tertiary/aromatic N) is 4. The predicted molar refractivity (Wildman–Crippen MR) is 94.1 cm³/mol. The fraction of sp³-hybridized carbons (Fsp3) is 0.400. The number of hydrogen-bond acceptors (Lipinski definition) is 5. The van der Waals surface area contributed by atoms with Gasteiger partial charge in [-0.05, 0) is 32.8 Å². The molecule has 0 aliphatic rings. The Kier molecular flexibility index (Phi) is 3.94. The molecule has 0 bridgehead atoms. The number of thiophene rings is 1. The van der Waals surface area contributed by atoms with Crippen LogP contribution in [0.3, 0.4) is 0 Å². The van der Waals surface area contributed by atoms with Crippen molar-refractivity contribution in [3.63, 3.8) is 0 Å². The molecule has 0 fully saturated rings. The first-order valence-electron chi connectivity index (χ1n) is 7.01.